The fraction of sp³-hybridized carbons (Fsp3) is 0.200. The van der Waals surface area contributed by atoms with Crippen LogP contribution in [0.4, 0.5) is 0 Å². The van der Waals surface area contributed by atoms with Gasteiger partial charge in [0.05, 0.1) is 19.1 Å². The Labute approximate surface area is 150 Å². The van der Waals surface area contributed by atoms with Crippen LogP contribution in [0.2, 0.25) is 0 Å². The number of hydrogen-bond donors (Lipinski definition) is 1. The van der Waals surface area contributed by atoms with Gasteiger partial charge in [0.1, 0.15) is 11.8 Å². The molecule has 1 aliphatic rings. The van der Waals surface area contributed by atoms with Crippen LogP contribution in [0.5, 0.6) is 0 Å². The van der Waals surface area contributed by atoms with E-state index in [0.717, 1.165) is 11.1 Å². The van der Waals surface area contributed by atoms with E-state index >= 15 is 0 Å². The maximum absolute atomic E-state index is 12.9. The van der Waals surface area contributed by atoms with Gasteiger partial charge in [-0.25, -0.2) is 0 Å². The highest BCUT2D eigenvalue weighted by molar-refractivity contribution is 5.96. The number of nitrogens with zero attached hydrogens (tertiary/aromatic N) is 1. The van der Waals surface area contributed by atoms with Crippen LogP contribution < -0.4 is 5.32 Å². The Bertz CT molecular complexity index is 900. The molecule has 0 aliphatic carbocycles. The zero-order valence-corrected chi connectivity index (χ0v) is 14.1. The molecule has 0 saturated heterocycles. The molecular formula is C20H18N2O4. The summed E-state index contributed by atoms with van der Waals surface area (Å²) in [4.78, 5) is 27.2. The lowest BCUT2D eigenvalue weighted by atomic mass is 9.93. The van der Waals surface area contributed by atoms with Gasteiger partial charge >= 0.3 is 0 Å². The lowest BCUT2D eigenvalue weighted by Crippen LogP contribution is -2.52. The summed E-state index contributed by atoms with van der Waals surface area (Å²) in [5, 5.41) is 2.86. The molecule has 132 valence electrons. The molecule has 26 heavy (non-hydrogen) atoms. The molecular weight excluding hydrogens is 332 g/mol. The molecule has 0 fully saturated rings. The Balaban J connectivity index is 1.58. The Hall–Kier alpha value is -3.28. The molecule has 0 saturated carbocycles. The van der Waals surface area contributed by atoms with E-state index in [1.54, 1.807) is 35.4 Å². The van der Waals surface area contributed by atoms with E-state index in [4.69, 9.17) is 8.83 Å². The number of fused-ring (bicyclic) bond motifs is 1. The van der Waals surface area contributed by atoms with E-state index < -0.39 is 6.04 Å². The van der Waals surface area contributed by atoms with E-state index in [-0.39, 0.29) is 24.1 Å². The maximum Gasteiger partial charge on any atom is 0.290 e. The number of amides is 2. The minimum atomic E-state index is -0.600. The predicted molar refractivity (Wildman–Crippen MR) is 93.1 cm³/mol. The van der Waals surface area contributed by atoms with Crippen molar-refractivity contribution in [3.63, 3.8) is 0 Å². The van der Waals surface area contributed by atoms with Crippen LogP contribution in [0.25, 0.3) is 0 Å². The van der Waals surface area contributed by atoms with Crippen molar-refractivity contribution >= 4 is 11.8 Å². The van der Waals surface area contributed by atoms with Crippen LogP contribution in [0, 0.1) is 0 Å². The van der Waals surface area contributed by atoms with Gasteiger partial charge in [-0.1, -0.05) is 24.3 Å². The molecule has 1 aliphatic heterocycles. The second-order valence-corrected chi connectivity index (χ2v) is 6.20. The SMILES string of the molecule is O=C(NCc1ccco1)[C@H]1Cc2ccccc2CN1C(=O)c1ccco1. The first-order chi connectivity index (χ1) is 12.7. The Morgan fingerprint density at radius 1 is 1.00 bits per heavy atom. The predicted octanol–water partition coefficient (Wildman–Crippen LogP) is 2.76. The number of carbonyl (C=O) groups is 2. The van der Waals surface area contributed by atoms with Crippen LogP contribution in [-0.4, -0.2) is 22.8 Å². The summed E-state index contributed by atoms with van der Waals surface area (Å²) in [6, 6.07) is 14.1. The van der Waals surface area contributed by atoms with Crippen molar-refractivity contribution in [1.29, 1.82) is 0 Å². The molecule has 1 N–H and O–H groups in total. The van der Waals surface area contributed by atoms with Gasteiger partial charge in [-0.15, -0.1) is 0 Å². The lowest BCUT2D eigenvalue weighted by molar-refractivity contribution is -0.126. The monoisotopic (exact) mass is 350 g/mol. The van der Waals surface area contributed by atoms with Crippen molar-refractivity contribution in [3.8, 4) is 0 Å². The Morgan fingerprint density at radius 2 is 1.77 bits per heavy atom. The third-order valence-electron chi connectivity index (χ3n) is 4.56. The molecule has 0 radical (unpaired) electrons. The molecule has 6 heteroatoms. The summed E-state index contributed by atoms with van der Waals surface area (Å²) in [5.74, 6) is 0.394. The smallest absolute Gasteiger partial charge is 0.290 e. The average Bonchev–Trinajstić information content (AvgIpc) is 3.38. The van der Waals surface area contributed by atoms with Crippen LogP contribution in [0.15, 0.2) is 69.9 Å². The minimum Gasteiger partial charge on any atom is -0.467 e. The summed E-state index contributed by atoms with van der Waals surface area (Å²) in [7, 11) is 0. The largest absolute Gasteiger partial charge is 0.467 e. The fourth-order valence-electron chi connectivity index (χ4n) is 3.22. The molecule has 2 amide bonds. The van der Waals surface area contributed by atoms with Crippen LogP contribution in [0.1, 0.15) is 27.4 Å². The number of benzene rings is 1. The van der Waals surface area contributed by atoms with Gasteiger partial charge in [-0.05, 0) is 35.4 Å². The quantitative estimate of drug-likeness (QED) is 0.785. The molecule has 3 heterocycles. The summed E-state index contributed by atoms with van der Waals surface area (Å²) in [5.41, 5.74) is 2.12. The normalized spacial score (nSPS) is 16.2. The van der Waals surface area contributed by atoms with Crippen molar-refractivity contribution < 1.29 is 18.4 Å². The molecule has 0 spiro atoms. The van der Waals surface area contributed by atoms with E-state index in [2.05, 4.69) is 5.32 Å². The Morgan fingerprint density at radius 3 is 2.50 bits per heavy atom. The van der Waals surface area contributed by atoms with Crippen molar-refractivity contribution in [2.24, 2.45) is 0 Å². The van der Waals surface area contributed by atoms with Gasteiger partial charge in [-0.3, -0.25) is 9.59 Å². The Kier molecular flexibility index (Phi) is 4.31. The number of rotatable bonds is 4. The zero-order valence-electron chi connectivity index (χ0n) is 14.1. The standard InChI is InChI=1S/C20H18N2O4/c23-19(21-12-16-7-3-9-25-16)17-11-14-5-1-2-6-15(14)13-22(17)20(24)18-8-4-10-26-18/h1-10,17H,11-13H2,(H,21,23)/t17-/m1/s1. The minimum absolute atomic E-state index is 0.212. The fourth-order valence-corrected chi connectivity index (χ4v) is 3.22. The maximum atomic E-state index is 12.9. The molecule has 1 atom stereocenters. The molecule has 0 unspecified atom stereocenters. The van der Waals surface area contributed by atoms with Crippen molar-refractivity contribution in [1.82, 2.24) is 10.2 Å². The first kappa shape index (κ1) is 16.2. The summed E-state index contributed by atoms with van der Waals surface area (Å²) in [6.45, 7) is 0.654. The first-order valence-electron chi connectivity index (χ1n) is 8.44. The number of carbonyl (C=O) groups excluding carboxylic acids is 2. The molecule has 2 aromatic heterocycles. The highest BCUT2D eigenvalue weighted by atomic mass is 16.3. The molecule has 6 nitrogen and oxygen atoms in total. The zero-order chi connectivity index (χ0) is 17.9. The lowest BCUT2D eigenvalue weighted by Gasteiger charge is -2.35. The van der Waals surface area contributed by atoms with Crippen LogP contribution in [0.3, 0.4) is 0 Å². The van der Waals surface area contributed by atoms with Crippen molar-refractivity contribution in [2.75, 3.05) is 0 Å². The van der Waals surface area contributed by atoms with E-state index in [1.165, 1.54) is 6.26 Å². The number of hydrogen-bond acceptors (Lipinski definition) is 4. The second-order valence-electron chi connectivity index (χ2n) is 6.20. The van der Waals surface area contributed by atoms with Crippen molar-refractivity contribution in [2.45, 2.75) is 25.6 Å². The summed E-state index contributed by atoms with van der Waals surface area (Å²) >= 11 is 0. The third kappa shape index (κ3) is 3.13. The second kappa shape index (κ2) is 6.92. The molecule has 4 rings (SSSR count). The van der Waals surface area contributed by atoms with Gasteiger partial charge in [0.15, 0.2) is 5.76 Å². The molecule has 3 aromatic rings. The number of nitrogens with one attached hydrogen (secondary N) is 1. The van der Waals surface area contributed by atoms with Crippen molar-refractivity contribution in [3.05, 3.63) is 83.7 Å². The summed E-state index contributed by atoms with van der Waals surface area (Å²) in [6.07, 6.45) is 3.48. The van der Waals surface area contributed by atoms with Gasteiger partial charge in [0, 0.05) is 13.0 Å². The van der Waals surface area contributed by atoms with Gasteiger partial charge in [0.25, 0.3) is 5.91 Å². The summed E-state index contributed by atoms with van der Waals surface area (Å²) < 4.78 is 10.5. The first-order valence-corrected chi connectivity index (χ1v) is 8.44. The molecule has 1 aromatic carbocycles. The van der Waals surface area contributed by atoms with E-state index in [1.807, 2.05) is 24.3 Å². The highest BCUT2D eigenvalue weighted by Gasteiger charge is 2.35. The number of furan rings is 2. The van der Waals surface area contributed by atoms with Gasteiger partial charge in [-0.2, -0.15) is 0 Å². The van der Waals surface area contributed by atoms with Crippen LogP contribution in [-0.2, 0) is 24.3 Å². The van der Waals surface area contributed by atoms with Gasteiger partial charge in [0.2, 0.25) is 5.91 Å². The average molecular weight is 350 g/mol. The van der Waals surface area contributed by atoms with E-state index in [0.29, 0.717) is 18.7 Å². The topological polar surface area (TPSA) is 75.7 Å². The third-order valence-corrected chi connectivity index (χ3v) is 4.56. The van der Waals surface area contributed by atoms with E-state index in [9.17, 15) is 9.59 Å². The highest BCUT2D eigenvalue weighted by Crippen LogP contribution is 2.25. The van der Waals surface area contributed by atoms with Crippen LogP contribution >= 0.6 is 0 Å². The molecule has 0 bridgehead atoms. The van der Waals surface area contributed by atoms with Gasteiger partial charge < -0.3 is 19.1 Å².